The third-order valence-corrected chi connectivity index (χ3v) is 4.06. The number of halogens is 3. The van der Waals surface area contributed by atoms with E-state index in [0.717, 1.165) is 12.1 Å². The van der Waals surface area contributed by atoms with E-state index in [1.807, 2.05) is 0 Å². The summed E-state index contributed by atoms with van der Waals surface area (Å²) in [5, 5.41) is 0.712. The van der Waals surface area contributed by atoms with Crippen molar-refractivity contribution in [2.75, 3.05) is 19.5 Å². The second kappa shape index (κ2) is 6.78. The Labute approximate surface area is 146 Å². The summed E-state index contributed by atoms with van der Waals surface area (Å²) in [5.74, 6) is -1.85. The fraction of sp³-hybridized carbons (Fsp3) is 0.176. The number of nitrogens with two attached hydrogens (primary N) is 1. The Balaban J connectivity index is 2.38. The molecule has 2 aromatic heterocycles. The molecule has 0 fully saturated rings. The van der Waals surface area contributed by atoms with Crippen molar-refractivity contribution in [2.45, 2.75) is 6.54 Å². The highest BCUT2D eigenvalue weighted by atomic mass is 35.5. The normalized spacial score (nSPS) is 11.2. The first kappa shape index (κ1) is 17.3. The molecule has 0 spiro atoms. The first-order valence-corrected chi connectivity index (χ1v) is 7.73. The zero-order valence-electron chi connectivity index (χ0n) is 13.2. The minimum absolute atomic E-state index is 0.143. The minimum atomic E-state index is -0.975. The van der Waals surface area contributed by atoms with Gasteiger partial charge in [0.1, 0.15) is 11.0 Å². The first-order valence-electron chi connectivity index (χ1n) is 7.36. The highest BCUT2D eigenvalue weighted by molar-refractivity contribution is 6.30. The van der Waals surface area contributed by atoms with Crippen LogP contribution >= 0.6 is 11.6 Å². The van der Waals surface area contributed by atoms with E-state index < -0.39 is 22.8 Å². The second-order valence-corrected chi connectivity index (χ2v) is 5.79. The Hall–Kier alpha value is -2.51. The van der Waals surface area contributed by atoms with Gasteiger partial charge in [0, 0.05) is 25.2 Å². The minimum Gasteiger partial charge on any atom is -0.396 e. The van der Waals surface area contributed by atoms with Gasteiger partial charge >= 0.3 is 0 Å². The van der Waals surface area contributed by atoms with Crippen LogP contribution in [0.15, 0.2) is 35.3 Å². The number of fused-ring (bicyclic) bond motifs is 1. The number of aromatic nitrogens is 2. The number of nitrogens with zero attached hydrogens (tertiary/aromatic N) is 2. The smallest absolute Gasteiger partial charge is 0.259 e. The zero-order chi connectivity index (χ0) is 18.1. The van der Waals surface area contributed by atoms with Crippen LogP contribution in [0, 0.1) is 11.6 Å². The summed E-state index contributed by atoms with van der Waals surface area (Å²) in [6.45, 7) is 0.422. The van der Waals surface area contributed by atoms with Gasteiger partial charge in [-0.2, -0.15) is 0 Å². The number of pyridine rings is 2. The van der Waals surface area contributed by atoms with E-state index in [1.165, 1.54) is 30.0 Å². The summed E-state index contributed by atoms with van der Waals surface area (Å²) < 4.78 is 35.0. The lowest BCUT2D eigenvalue weighted by Gasteiger charge is -2.14. The molecule has 2 N–H and O–H groups in total. The fourth-order valence-corrected chi connectivity index (χ4v) is 2.80. The standard InChI is InChI=1S/C17H14ClF2N3O2/c1-25-5-4-23-13-7-14(18)22-8-9(13)6-10(17(23)24)15-11(19)2-3-12(21)16(15)20/h2-3,6-8H,4-5,21H2,1H3. The van der Waals surface area contributed by atoms with Crippen molar-refractivity contribution in [1.82, 2.24) is 9.55 Å². The molecule has 3 rings (SSSR count). The van der Waals surface area contributed by atoms with E-state index >= 15 is 0 Å². The highest BCUT2D eigenvalue weighted by Gasteiger charge is 2.20. The van der Waals surface area contributed by atoms with Gasteiger partial charge in [-0.3, -0.25) is 4.79 Å². The topological polar surface area (TPSA) is 70.1 Å². The quantitative estimate of drug-likeness (QED) is 0.569. The van der Waals surface area contributed by atoms with Crippen molar-refractivity contribution in [3.8, 4) is 11.1 Å². The van der Waals surface area contributed by atoms with Crippen LogP contribution in [0.25, 0.3) is 22.0 Å². The van der Waals surface area contributed by atoms with Gasteiger partial charge in [-0.1, -0.05) is 11.6 Å². The van der Waals surface area contributed by atoms with E-state index in [1.54, 1.807) is 0 Å². The largest absolute Gasteiger partial charge is 0.396 e. The summed E-state index contributed by atoms with van der Waals surface area (Å²) in [6, 6.07) is 5.03. The third-order valence-electron chi connectivity index (χ3n) is 3.85. The molecule has 0 amide bonds. The molecule has 130 valence electrons. The van der Waals surface area contributed by atoms with Crippen molar-refractivity contribution in [3.63, 3.8) is 0 Å². The van der Waals surface area contributed by atoms with Gasteiger partial charge in [0.25, 0.3) is 5.56 Å². The van der Waals surface area contributed by atoms with E-state index in [4.69, 9.17) is 22.1 Å². The maximum atomic E-state index is 14.4. The van der Waals surface area contributed by atoms with Crippen LogP contribution < -0.4 is 11.3 Å². The molecule has 0 aliphatic carbocycles. The Morgan fingerprint density at radius 3 is 2.80 bits per heavy atom. The number of benzene rings is 1. The SMILES string of the molecule is COCCn1c(=O)c(-c2c(F)ccc(N)c2F)cc2cnc(Cl)cc21. The molecule has 5 nitrogen and oxygen atoms in total. The molecular weight excluding hydrogens is 352 g/mol. The lowest BCUT2D eigenvalue weighted by Crippen LogP contribution is -2.25. The molecule has 8 heteroatoms. The van der Waals surface area contributed by atoms with Crippen molar-refractivity contribution >= 4 is 28.2 Å². The van der Waals surface area contributed by atoms with Crippen LogP contribution in [0.2, 0.25) is 5.15 Å². The van der Waals surface area contributed by atoms with Gasteiger partial charge in [0.15, 0.2) is 5.82 Å². The number of hydrogen-bond donors (Lipinski definition) is 1. The summed E-state index contributed by atoms with van der Waals surface area (Å²) >= 11 is 5.91. The van der Waals surface area contributed by atoms with Crippen LogP contribution in [-0.4, -0.2) is 23.3 Å². The second-order valence-electron chi connectivity index (χ2n) is 5.40. The van der Waals surface area contributed by atoms with E-state index in [0.29, 0.717) is 10.9 Å². The Bertz CT molecular complexity index is 1020. The van der Waals surface area contributed by atoms with Crippen LogP contribution in [-0.2, 0) is 11.3 Å². The van der Waals surface area contributed by atoms with Crippen molar-refractivity contribution in [3.05, 3.63) is 57.6 Å². The van der Waals surface area contributed by atoms with Crippen LogP contribution in [0.4, 0.5) is 14.5 Å². The highest BCUT2D eigenvalue weighted by Crippen LogP contribution is 2.29. The number of hydrogen-bond acceptors (Lipinski definition) is 4. The summed E-state index contributed by atoms with van der Waals surface area (Å²) in [5.41, 5.74) is 4.60. The molecule has 0 unspecified atom stereocenters. The monoisotopic (exact) mass is 365 g/mol. The van der Waals surface area contributed by atoms with Crippen molar-refractivity contribution in [1.29, 1.82) is 0 Å². The average molecular weight is 366 g/mol. The first-order chi connectivity index (χ1) is 11.9. The molecule has 0 aliphatic heterocycles. The Morgan fingerprint density at radius 2 is 2.08 bits per heavy atom. The summed E-state index contributed by atoms with van der Waals surface area (Å²) in [6.07, 6.45) is 1.44. The van der Waals surface area contributed by atoms with E-state index in [2.05, 4.69) is 4.98 Å². The van der Waals surface area contributed by atoms with Crippen LogP contribution in [0.3, 0.4) is 0 Å². The molecule has 0 saturated carbocycles. The Kier molecular flexibility index (Phi) is 4.69. The number of methoxy groups -OCH3 is 1. The number of ether oxygens (including phenoxy) is 1. The van der Waals surface area contributed by atoms with Crippen molar-refractivity contribution in [2.24, 2.45) is 0 Å². The number of rotatable bonds is 4. The van der Waals surface area contributed by atoms with Gasteiger partial charge in [-0.05, 0) is 24.3 Å². The van der Waals surface area contributed by atoms with Gasteiger partial charge in [-0.25, -0.2) is 13.8 Å². The molecule has 2 heterocycles. The molecule has 25 heavy (non-hydrogen) atoms. The molecular formula is C17H14ClF2N3O2. The molecule has 0 bridgehead atoms. The Morgan fingerprint density at radius 1 is 1.32 bits per heavy atom. The predicted molar refractivity (Wildman–Crippen MR) is 92.7 cm³/mol. The van der Waals surface area contributed by atoms with Gasteiger partial charge < -0.3 is 15.0 Å². The number of nitrogen functional groups attached to an aromatic ring is 1. The van der Waals surface area contributed by atoms with Gasteiger partial charge in [-0.15, -0.1) is 0 Å². The molecule has 0 radical (unpaired) electrons. The van der Waals surface area contributed by atoms with Crippen LogP contribution in [0.1, 0.15) is 0 Å². The molecule has 1 aromatic carbocycles. The van der Waals surface area contributed by atoms with Crippen LogP contribution in [0.5, 0.6) is 0 Å². The van der Waals surface area contributed by atoms with E-state index in [-0.39, 0.29) is 29.6 Å². The van der Waals surface area contributed by atoms with Gasteiger partial charge in [0.05, 0.1) is 28.9 Å². The predicted octanol–water partition coefficient (Wildman–Crippen LogP) is 3.22. The number of anilines is 1. The van der Waals surface area contributed by atoms with Crippen molar-refractivity contribution < 1.29 is 13.5 Å². The molecule has 0 atom stereocenters. The lowest BCUT2D eigenvalue weighted by atomic mass is 10.0. The lowest BCUT2D eigenvalue weighted by molar-refractivity contribution is 0.187. The summed E-state index contributed by atoms with van der Waals surface area (Å²) in [4.78, 5) is 16.8. The maximum absolute atomic E-state index is 14.4. The summed E-state index contributed by atoms with van der Waals surface area (Å²) in [7, 11) is 1.49. The molecule has 0 saturated heterocycles. The molecule has 0 aliphatic rings. The van der Waals surface area contributed by atoms with Gasteiger partial charge in [0.2, 0.25) is 0 Å². The zero-order valence-corrected chi connectivity index (χ0v) is 14.0. The average Bonchev–Trinajstić information content (AvgIpc) is 2.59. The maximum Gasteiger partial charge on any atom is 0.259 e. The van der Waals surface area contributed by atoms with E-state index in [9.17, 15) is 13.6 Å². The fourth-order valence-electron chi connectivity index (χ4n) is 2.65. The third kappa shape index (κ3) is 3.08. The molecule has 3 aromatic rings.